The van der Waals surface area contributed by atoms with E-state index < -0.39 is 0 Å². The number of nitrogens with one attached hydrogen (secondary N) is 1. The summed E-state index contributed by atoms with van der Waals surface area (Å²) in [7, 11) is 1.74. The van der Waals surface area contributed by atoms with Gasteiger partial charge < -0.3 is 9.64 Å². The van der Waals surface area contributed by atoms with Crippen LogP contribution in [0.3, 0.4) is 0 Å². The molecule has 136 valence electrons. The minimum absolute atomic E-state index is 0.479. The fraction of sp³-hybridized carbons (Fsp3) is 0.706. The van der Waals surface area contributed by atoms with E-state index in [2.05, 4.69) is 48.5 Å². The highest BCUT2D eigenvalue weighted by Crippen LogP contribution is 2.44. The zero-order valence-electron chi connectivity index (χ0n) is 15.0. The van der Waals surface area contributed by atoms with Crippen molar-refractivity contribution in [2.75, 3.05) is 43.2 Å². The molecule has 2 aliphatic rings. The molecule has 2 aromatic heterocycles. The van der Waals surface area contributed by atoms with Crippen molar-refractivity contribution in [1.82, 2.24) is 25.0 Å². The molecule has 7 nitrogen and oxygen atoms in total. The number of hydrogen-bond donors (Lipinski definition) is 1. The van der Waals surface area contributed by atoms with Gasteiger partial charge in [-0.05, 0) is 30.4 Å². The lowest BCUT2D eigenvalue weighted by Gasteiger charge is -2.23. The van der Waals surface area contributed by atoms with Gasteiger partial charge in [0, 0.05) is 31.6 Å². The molecule has 0 radical (unpaired) electrons. The van der Waals surface area contributed by atoms with E-state index in [-0.39, 0.29) is 0 Å². The highest BCUT2D eigenvalue weighted by atomic mass is 32.2. The van der Waals surface area contributed by atoms with Gasteiger partial charge in [-0.15, -0.1) is 10.2 Å². The minimum atomic E-state index is 0.479. The number of rotatable bonds is 6. The summed E-state index contributed by atoms with van der Waals surface area (Å²) in [5.74, 6) is 4.44. The Kier molecular flexibility index (Phi) is 4.73. The first-order valence-corrected chi connectivity index (χ1v) is 10.2. The van der Waals surface area contributed by atoms with Crippen LogP contribution in [0.1, 0.15) is 25.5 Å². The Morgan fingerprint density at radius 2 is 2.28 bits per heavy atom. The lowest BCUT2D eigenvalue weighted by Crippen LogP contribution is -2.29. The van der Waals surface area contributed by atoms with Gasteiger partial charge in [0.2, 0.25) is 5.95 Å². The Balaban J connectivity index is 1.66. The Bertz CT molecular complexity index is 721. The van der Waals surface area contributed by atoms with Gasteiger partial charge in [0.1, 0.15) is 0 Å². The molecule has 2 aliphatic heterocycles. The van der Waals surface area contributed by atoms with Crippen LogP contribution in [0.2, 0.25) is 0 Å². The summed E-state index contributed by atoms with van der Waals surface area (Å²) >= 11 is 2.09. The number of aromatic amines is 1. The van der Waals surface area contributed by atoms with E-state index >= 15 is 0 Å². The molecule has 4 heterocycles. The predicted octanol–water partition coefficient (Wildman–Crippen LogP) is 2.21. The number of H-pyrrole nitrogens is 1. The molecule has 2 aromatic rings. The van der Waals surface area contributed by atoms with Crippen molar-refractivity contribution in [3.05, 3.63) is 11.9 Å². The van der Waals surface area contributed by atoms with Crippen molar-refractivity contribution in [1.29, 1.82) is 0 Å². The van der Waals surface area contributed by atoms with Gasteiger partial charge in [0.15, 0.2) is 5.82 Å². The zero-order chi connectivity index (χ0) is 17.3. The predicted molar refractivity (Wildman–Crippen MR) is 100 cm³/mol. The molecule has 1 atom stereocenters. The molecule has 4 rings (SSSR count). The Hall–Kier alpha value is -1.54. The Morgan fingerprint density at radius 3 is 3.04 bits per heavy atom. The van der Waals surface area contributed by atoms with E-state index in [1.165, 1.54) is 24.3 Å². The highest BCUT2D eigenvalue weighted by molar-refractivity contribution is 7.99. The third kappa shape index (κ3) is 3.06. The number of aryl methyl sites for hydroxylation is 1. The van der Waals surface area contributed by atoms with Crippen molar-refractivity contribution in [2.45, 2.75) is 32.7 Å². The molecule has 25 heavy (non-hydrogen) atoms. The van der Waals surface area contributed by atoms with Crippen LogP contribution in [0.5, 0.6) is 0 Å². The van der Waals surface area contributed by atoms with Crippen LogP contribution in [-0.4, -0.2) is 63.3 Å². The molecule has 0 aliphatic carbocycles. The van der Waals surface area contributed by atoms with Crippen LogP contribution in [0.4, 0.5) is 5.95 Å². The summed E-state index contributed by atoms with van der Waals surface area (Å²) in [6, 6.07) is 0. The summed E-state index contributed by atoms with van der Waals surface area (Å²) in [6.45, 7) is 5.68. The normalized spacial score (nSPS) is 23.2. The Morgan fingerprint density at radius 1 is 1.36 bits per heavy atom. The summed E-state index contributed by atoms with van der Waals surface area (Å²) in [6.07, 6.45) is 5.34. The fourth-order valence-electron chi connectivity index (χ4n) is 3.97. The van der Waals surface area contributed by atoms with Crippen LogP contribution in [0.15, 0.2) is 6.20 Å². The number of methoxy groups -OCH3 is 1. The Labute approximate surface area is 152 Å². The molecular weight excluding hydrogens is 336 g/mol. The number of hydrogen-bond acceptors (Lipinski definition) is 6. The van der Waals surface area contributed by atoms with E-state index in [9.17, 15) is 0 Å². The van der Waals surface area contributed by atoms with Crippen LogP contribution in [0, 0.1) is 5.41 Å². The van der Waals surface area contributed by atoms with Gasteiger partial charge in [-0.1, -0.05) is 6.92 Å². The second kappa shape index (κ2) is 6.99. The van der Waals surface area contributed by atoms with E-state index in [1.54, 1.807) is 7.11 Å². The van der Waals surface area contributed by atoms with E-state index in [4.69, 9.17) is 4.74 Å². The lowest BCUT2D eigenvalue weighted by atomic mass is 9.87. The van der Waals surface area contributed by atoms with Crippen LogP contribution in [0.25, 0.3) is 11.4 Å². The number of thioether (sulfide) groups is 1. The summed E-state index contributed by atoms with van der Waals surface area (Å²) in [5, 5.41) is 16.4. The summed E-state index contributed by atoms with van der Waals surface area (Å²) in [4.78, 5) is 2.42. The van der Waals surface area contributed by atoms with E-state index in [0.717, 1.165) is 49.1 Å². The first-order valence-electron chi connectivity index (χ1n) is 9.04. The SMILES string of the molecule is CCc1[nH]ncc1-c1nnc(N2CCC3(CCSC3)C2)n1CCOC. The second-order valence-corrected chi connectivity index (χ2v) is 8.16. The van der Waals surface area contributed by atoms with Crippen molar-refractivity contribution in [3.8, 4) is 11.4 Å². The van der Waals surface area contributed by atoms with E-state index in [1.807, 2.05) is 6.20 Å². The van der Waals surface area contributed by atoms with Gasteiger partial charge in [0.25, 0.3) is 0 Å². The quantitative estimate of drug-likeness (QED) is 0.849. The summed E-state index contributed by atoms with van der Waals surface area (Å²) in [5.41, 5.74) is 2.62. The minimum Gasteiger partial charge on any atom is -0.383 e. The average Bonchev–Trinajstić information content (AvgIpc) is 3.41. The van der Waals surface area contributed by atoms with Crippen LogP contribution < -0.4 is 4.90 Å². The van der Waals surface area contributed by atoms with Gasteiger partial charge in [-0.2, -0.15) is 16.9 Å². The van der Waals surface area contributed by atoms with Crippen molar-refractivity contribution in [3.63, 3.8) is 0 Å². The average molecular weight is 363 g/mol. The molecule has 1 spiro atoms. The second-order valence-electron chi connectivity index (χ2n) is 7.06. The van der Waals surface area contributed by atoms with Crippen LogP contribution in [-0.2, 0) is 17.7 Å². The van der Waals surface area contributed by atoms with Gasteiger partial charge in [-0.3, -0.25) is 9.67 Å². The third-order valence-electron chi connectivity index (χ3n) is 5.47. The summed E-state index contributed by atoms with van der Waals surface area (Å²) < 4.78 is 7.54. The number of anilines is 1. The molecule has 0 amide bonds. The van der Waals surface area contributed by atoms with Gasteiger partial charge >= 0.3 is 0 Å². The topological polar surface area (TPSA) is 71.9 Å². The third-order valence-corrected chi connectivity index (χ3v) is 6.78. The van der Waals surface area contributed by atoms with Gasteiger partial charge in [0.05, 0.1) is 24.9 Å². The van der Waals surface area contributed by atoms with Crippen molar-refractivity contribution >= 4 is 17.7 Å². The van der Waals surface area contributed by atoms with Crippen LogP contribution >= 0.6 is 11.8 Å². The molecule has 2 fully saturated rings. The maximum atomic E-state index is 5.33. The molecule has 1 N–H and O–H groups in total. The smallest absolute Gasteiger partial charge is 0.227 e. The first kappa shape index (κ1) is 16.9. The maximum Gasteiger partial charge on any atom is 0.227 e. The number of nitrogens with zero attached hydrogens (tertiary/aromatic N) is 5. The zero-order valence-corrected chi connectivity index (χ0v) is 15.8. The molecule has 0 saturated carbocycles. The fourth-order valence-corrected chi connectivity index (χ4v) is 5.50. The molecule has 8 heteroatoms. The van der Waals surface area contributed by atoms with Gasteiger partial charge in [-0.25, -0.2) is 0 Å². The van der Waals surface area contributed by atoms with E-state index in [0.29, 0.717) is 12.0 Å². The van der Waals surface area contributed by atoms with Crippen molar-refractivity contribution in [2.24, 2.45) is 5.41 Å². The molecule has 0 bridgehead atoms. The maximum absolute atomic E-state index is 5.33. The highest BCUT2D eigenvalue weighted by Gasteiger charge is 2.42. The molecule has 0 aromatic carbocycles. The molecule has 2 saturated heterocycles. The standard InChI is InChI=1S/C17H26N6OS/c1-3-14-13(10-18-19-14)15-20-21-16(23(15)7-8-24-2)22-6-4-17(11-22)5-9-25-12-17/h10H,3-9,11-12H2,1-2H3,(H,18,19). The van der Waals surface area contributed by atoms with Crippen molar-refractivity contribution < 1.29 is 4.74 Å². The number of aromatic nitrogens is 5. The molecular formula is C17H26N6OS. The lowest BCUT2D eigenvalue weighted by molar-refractivity contribution is 0.188. The first-order chi connectivity index (χ1) is 12.3. The largest absolute Gasteiger partial charge is 0.383 e. The monoisotopic (exact) mass is 362 g/mol. The molecule has 1 unspecified atom stereocenters. The number of ether oxygens (including phenoxy) is 1.